The van der Waals surface area contributed by atoms with E-state index in [4.69, 9.17) is 13.9 Å². The maximum absolute atomic E-state index is 14.7. The second-order valence-electron chi connectivity index (χ2n) is 7.86. The largest absolute Gasteiger partial charge is 0.461 e. The van der Waals surface area contributed by atoms with Crippen molar-refractivity contribution < 1.29 is 23.1 Å². The third kappa shape index (κ3) is 4.80. The van der Waals surface area contributed by atoms with Crippen LogP contribution < -0.4 is 14.8 Å². The number of hydrogen-bond donors (Lipinski definition) is 1. The minimum Gasteiger partial charge on any atom is -0.461 e. The monoisotopic (exact) mass is 535 g/mol. The lowest BCUT2D eigenvalue weighted by Gasteiger charge is -2.09. The predicted molar refractivity (Wildman–Crippen MR) is 134 cm³/mol. The highest BCUT2D eigenvalue weighted by Gasteiger charge is 2.21. The highest BCUT2D eigenvalue weighted by molar-refractivity contribution is 7.98. The quantitative estimate of drug-likeness (QED) is 0.275. The van der Waals surface area contributed by atoms with E-state index in [1.165, 1.54) is 35.4 Å². The molecule has 3 aromatic heterocycles. The minimum atomic E-state index is -0.410. The molecule has 37 heavy (non-hydrogen) atoms. The van der Waals surface area contributed by atoms with Gasteiger partial charge in [-0.1, -0.05) is 30.0 Å². The Hall–Kier alpha value is -4.16. The Kier molecular flexibility index (Phi) is 6.33. The molecule has 1 aliphatic heterocycles. The van der Waals surface area contributed by atoms with Crippen molar-refractivity contribution in [2.45, 2.75) is 17.5 Å². The van der Waals surface area contributed by atoms with Gasteiger partial charge in [-0.05, 0) is 42.0 Å². The molecule has 4 heterocycles. The van der Waals surface area contributed by atoms with Gasteiger partial charge >= 0.3 is 0 Å². The number of nitrogens with zero attached hydrogens (tertiary/aromatic N) is 4. The lowest BCUT2D eigenvalue weighted by Crippen LogP contribution is -2.23. The number of fused-ring (bicyclic) bond motifs is 1. The van der Waals surface area contributed by atoms with Crippen LogP contribution in [0.25, 0.3) is 17.3 Å². The Morgan fingerprint density at radius 3 is 2.86 bits per heavy atom. The van der Waals surface area contributed by atoms with Crippen LogP contribution in [-0.4, -0.2) is 32.4 Å². The first kappa shape index (κ1) is 23.3. The average molecular weight is 536 g/mol. The number of carbonyl (C=O) groups is 1. The van der Waals surface area contributed by atoms with Crippen molar-refractivity contribution in [3.05, 3.63) is 88.3 Å². The fourth-order valence-electron chi connectivity index (χ4n) is 3.71. The molecule has 1 N–H and O–H groups in total. The van der Waals surface area contributed by atoms with E-state index in [0.29, 0.717) is 51.9 Å². The van der Waals surface area contributed by atoms with Crippen molar-refractivity contribution in [2.75, 3.05) is 6.79 Å². The van der Waals surface area contributed by atoms with E-state index in [2.05, 4.69) is 20.5 Å². The predicted octanol–water partition coefficient (Wildman–Crippen LogP) is 5.07. The molecule has 1 amide bonds. The number of nitrogens with one attached hydrogen (secondary N) is 1. The molecule has 1 aliphatic rings. The summed E-state index contributed by atoms with van der Waals surface area (Å²) in [5, 5.41) is 14.3. The molecule has 186 valence electrons. The lowest BCUT2D eigenvalue weighted by molar-refractivity contribution is 0.0946. The molecule has 0 fully saturated rings. The van der Waals surface area contributed by atoms with Crippen LogP contribution in [0.1, 0.15) is 21.1 Å². The van der Waals surface area contributed by atoms with Gasteiger partial charge in [-0.2, -0.15) is 0 Å². The molecule has 0 atom stereocenters. The fourth-order valence-corrected chi connectivity index (χ4v) is 5.45. The molecule has 6 rings (SSSR count). The first-order valence-corrected chi connectivity index (χ1v) is 13.0. The van der Waals surface area contributed by atoms with E-state index in [1.807, 2.05) is 18.2 Å². The van der Waals surface area contributed by atoms with Crippen molar-refractivity contribution in [1.29, 1.82) is 0 Å². The average Bonchev–Trinajstić information content (AvgIpc) is 3.72. The Balaban J connectivity index is 1.15. The van der Waals surface area contributed by atoms with Crippen molar-refractivity contribution in [3.63, 3.8) is 0 Å². The van der Waals surface area contributed by atoms with Gasteiger partial charge in [-0.25, -0.2) is 9.37 Å². The Morgan fingerprint density at radius 2 is 2.00 bits per heavy atom. The standard InChI is InChI=1S/C25H18FN5O4S2/c26-16-4-1-2-5-18(16)31-23(20-6-3-9-33-20)29-30-25(31)37-13-22-28-17(12-36-22)24(32)27-11-15-7-8-19-21(10-15)35-14-34-19/h1-10,12H,11,13-14H2,(H,27,32). The summed E-state index contributed by atoms with van der Waals surface area (Å²) in [4.78, 5) is 17.1. The van der Waals surface area contributed by atoms with E-state index in [-0.39, 0.29) is 12.7 Å². The second-order valence-corrected chi connectivity index (χ2v) is 9.74. The van der Waals surface area contributed by atoms with Crippen LogP contribution in [0.4, 0.5) is 4.39 Å². The van der Waals surface area contributed by atoms with Crippen LogP contribution >= 0.6 is 23.1 Å². The number of thiazole rings is 1. The van der Waals surface area contributed by atoms with Gasteiger partial charge < -0.3 is 19.2 Å². The van der Waals surface area contributed by atoms with Crippen LogP contribution in [0.2, 0.25) is 0 Å². The summed E-state index contributed by atoms with van der Waals surface area (Å²) in [6.45, 7) is 0.532. The molecule has 0 spiro atoms. The van der Waals surface area contributed by atoms with Crippen molar-refractivity contribution in [3.8, 4) is 28.8 Å². The maximum Gasteiger partial charge on any atom is 0.271 e. The lowest BCUT2D eigenvalue weighted by atomic mass is 10.2. The normalized spacial score (nSPS) is 12.1. The number of rotatable bonds is 8. The highest BCUT2D eigenvalue weighted by Crippen LogP contribution is 2.33. The van der Waals surface area contributed by atoms with Gasteiger partial charge in [0.15, 0.2) is 22.4 Å². The zero-order valence-corrected chi connectivity index (χ0v) is 20.7. The van der Waals surface area contributed by atoms with Gasteiger partial charge in [0.2, 0.25) is 12.6 Å². The summed E-state index contributed by atoms with van der Waals surface area (Å²) in [6.07, 6.45) is 1.52. The summed E-state index contributed by atoms with van der Waals surface area (Å²) in [6, 6.07) is 15.4. The zero-order valence-electron chi connectivity index (χ0n) is 19.1. The molecule has 9 nitrogen and oxygen atoms in total. The van der Waals surface area contributed by atoms with Gasteiger partial charge in [-0.15, -0.1) is 21.5 Å². The fraction of sp³-hybridized carbons (Fsp3) is 0.120. The summed E-state index contributed by atoms with van der Waals surface area (Å²) in [5.41, 5.74) is 1.53. The first-order valence-electron chi connectivity index (χ1n) is 11.1. The smallest absolute Gasteiger partial charge is 0.271 e. The van der Waals surface area contributed by atoms with Crippen molar-refractivity contribution in [2.24, 2.45) is 0 Å². The highest BCUT2D eigenvalue weighted by atomic mass is 32.2. The number of furan rings is 1. The molecule has 0 bridgehead atoms. The second kappa shape index (κ2) is 10.1. The van der Waals surface area contributed by atoms with Crippen LogP contribution in [-0.2, 0) is 12.3 Å². The van der Waals surface area contributed by atoms with E-state index < -0.39 is 5.82 Å². The molecular weight excluding hydrogens is 517 g/mol. The molecule has 0 saturated carbocycles. The van der Waals surface area contributed by atoms with Gasteiger partial charge in [0, 0.05) is 11.9 Å². The van der Waals surface area contributed by atoms with Gasteiger partial charge in [-0.3, -0.25) is 9.36 Å². The molecule has 0 radical (unpaired) electrons. The molecular formula is C25H18FN5O4S2. The SMILES string of the molecule is O=C(NCc1ccc2c(c1)OCO2)c1csc(CSc2nnc(-c3ccco3)n2-c2ccccc2F)n1. The number of hydrogen-bond acceptors (Lipinski definition) is 9. The topological polar surface area (TPSA) is 104 Å². The van der Waals surface area contributed by atoms with E-state index in [1.54, 1.807) is 40.3 Å². The van der Waals surface area contributed by atoms with Crippen LogP contribution in [0.3, 0.4) is 0 Å². The molecule has 0 saturated heterocycles. The van der Waals surface area contributed by atoms with Gasteiger partial charge in [0.25, 0.3) is 5.91 Å². The van der Waals surface area contributed by atoms with Gasteiger partial charge in [0.05, 0.1) is 17.7 Å². The molecule has 2 aromatic carbocycles. The third-order valence-corrected chi connectivity index (χ3v) is 7.44. The maximum atomic E-state index is 14.7. The summed E-state index contributed by atoms with van der Waals surface area (Å²) in [5.74, 6) is 1.95. The minimum absolute atomic E-state index is 0.200. The summed E-state index contributed by atoms with van der Waals surface area (Å²) >= 11 is 2.71. The third-order valence-electron chi connectivity index (χ3n) is 5.47. The molecule has 12 heteroatoms. The number of aromatic nitrogens is 4. The number of ether oxygens (including phenoxy) is 2. The van der Waals surface area contributed by atoms with Gasteiger partial charge in [0.1, 0.15) is 16.5 Å². The Labute approximate surface area is 218 Å². The van der Waals surface area contributed by atoms with Crippen LogP contribution in [0, 0.1) is 5.82 Å². The number of benzene rings is 2. The number of amides is 1. The number of halogens is 1. The molecule has 5 aromatic rings. The van der Waals surface area contributed by atoms with E-state index in [9.17, 15) is 9.18 Å². The zero-order chi connectivity index (χ0) is 25.2. The number of carbonyl (C=O) groups excluding carboxylic acids is 1. The Morgan fingerprint density at radius 1 is 1.11 bits per heavy atom. The molecule has 0 aliphatic carbocycles. The first-order chi connectivity index (χ1) is 18.2. The Bertz CT molecular complexity index is 1570. The van der Waals surface area contributed by atoms with Crippen LogP contribution in [0.5, 0.6) is 11.5 Å². The summed E-state index contributed by atoms with van der Waals surface area (Å²) in [7, 11) is 0. The van der Waals surface area contributed by atoms with Crippen molar-refractivity contribution >= 4 is 29.0 Å². The van der Waals surface area contributed by atoms with Crippen molar-refractivity contribution in [1.82, 2.24) is 25.1 Å². The summed E-state index contributed by atoms with van der Waals surface area (Å²) < 4.78 is 32.5. The number of thioether (sulfide) groups is 1. The molecule has 0 unspecified atom stereocenters. The van der Waals surface area contributed by atoms with E-state index in [0.717, 1.165) is 10.6 Å². The van der Waals surface area contributed by atoms with Crippen LogP contribution in [0.15, 0.2) is 75.8 Å². The van der Waals surface area contributed by atoms with E-state index >= 15 is 0 Å². The number of para-hydroxylation sites is 1.